The molecular formula is C14H16O4S. The van der Waals surface area contributed by atoms with Crippen molar-refractivity contribution in [1.29, 1.82) is 0 Å². The predicted molar refractivity (Wildman–Crippen MR) is 73.0 cm³/mol. The molecule has 19 heavy (non-hydrogen) atoms. The molecule has 2 aromatic heterocycles. The summed E-state index contributed by atoms with van der Waals surface area (Å²) in [7, 11) is 0. The van der Waals surface area contributed by atoms with E-state index >= 15 is 0 Å². The van der Waals surface area contributed by atoms with Crippen LogP contribution in [0.5, 0.6) is 5.75 Å². The van der Waals surface area contributed by atoms with Gasteiger partial charge in [-0.05, 0) is 23.6 Å². The Labute approximate surface area is 115 Å². The SMILES string of the molecule is CC(C)(C)c1cc(OCc2ccco2)c(C(=O)O)s1. The molecule has 0 bridgehead atoms. The second-order valence-electron chi connectivity index (χ2n) is 5.23. The van der Waals surface area contributed by atoms with Crippen LogP contribution in [0.15, 0.2) is 28.9 Å². The van der Waals surface area contributed by atoms with E-state index in [1.54, 1.807) is 24.5 Å². The van der Waals surface area contributed by atoms with Crippen molar-refractivity contribution in [2.24, 2.45) is 0 Å². The van der Waals surface area contributed by atoms with Gasteiger partial charge in [-0.2, -0.15) is 0 Å². The van der Waals surface area contributed by atoms with Crippen LogP contribution in [0.4, 0.5) is 0 Å². The quantitative estimate of drug-likeness (QED) is 0.922. The molecule has 2 heterocycles. The molecule has 0 saturated heterocycles. The van der Waals surface area contributed by atoms with Gasteiger partial charge in [0.25, 0.3) is 0 Å². The summed E-state index contributed by atoms with van der Waals surface area (Å²) in [6.07, 6.45) is 1.56. The van der Waals surface area contributed by atoms with Crippen LogP contribution in [0.1, 0.15) is 41.1 Å². The molecule has 0 amide bonds. The van der Waals surface area contributed by atoms with Gasteiger partial charge >= 0.3 is 5.97 Å². The highest BCUT2D eigenvalue weighted by molar-refractivity contribution is 7.14. The lowest BCUT2D eigenvalue weighted by Gasteiger charge is -2.14. The van der Waals surface area contributed by atoms with Crippen molar-refractivity contribution in [2.45, 2.75) is 32.8 Å². The summed E-state index contributed by atoms with van der Waals surface area (Å²) in [5.74, 6) is 0.105. The minimum atomic E-state index is -0.963. The Bertz CT molecular complexity index is 561. The molecule has 0 aliphatic rings. The van der Waals surface area contributed by atoms with Crippen LogP contribution >= 0.6 is 11.3 Å². The second-order valence-corrected chi connectivity index (χ2v) is 6.28. The van der Waals surface area contributed by atoms with Gasteiger partial charge in [-0.15, -0.1) is 11.3 Å². The van der Waals surface area contributed by atoms with E-state index in [2.05, 4.69) is 0 Å². The molecule has 0 radical (unpaired) electrons. The number of carboxylic acid groups (broad SMARTS) is 1. The van der Waals surface area contributed by atoms with Crippen LogP contribution in [0, 0.1) is 0 Å². The summed E-state index contributed by atoms with van der Waals surface area (Å²) in [6, 6.07) is 5.36. The zero-order valence-electron chi connectivity index (χ0n) is 11.1. The number of carboxylic acids is 1. The van der Waals surface area contributed by atoms with Crippen molar-refractivity contribution >= 4 is 17.3 Å². The average molecular weight is 280 g/mol. The number of hydrogen-bond acceptors (Lipinski definition) is 4. The van der Waals surface area contributed by atoms with E-state index in [0.717, 1.165) is 4.88 Å². The maximum Gasteiger partial charge on any atom is 0.349 e. The Morgan fingerprint density at radius 3 is 2.74 bits per heavy atom. The van der Waals surface area contributed by atoms with Crippen LogP contribution in [0.3, 0.4) is 0 Å². The molecule has 0 saturated carbocycles. The van der Waals surface area contributed by atoms with E-state index in [9.17, 15) is 9.90 Å². The Hall–Kier alpha value is -1.75. The standard InChI is InChI=1S/C14H16O4S/c1-14(2,3)11-7-10(12(19-11)13(15)16)18-8-9-5-4-6-17-9/h4-7H,8H2,1-3H3,(H,15,16). The Kier molecular flexibility index (Phi) is 3.66. The number of carbonyl (C=O) groups is 1. The van der Waals surface area contributed by atoms with Crippen molar-refractivity contribution in [3.8, 4) is 5.75 Å². The fourth-order valence-electron chi connectivity index (χ4n) is 1.54. The minimum absolute atomic E-state index is 0.0961. The molecule has 0 aromatic carbocycles. The number of hydrogen-bond donors (Lipinski definition) is 1. The summed E-state index contributed by atoms with van der Waals surface area (Å²) < 4.78 is 10.7. The summed E-state index contributed by atoms with van der Waals surface area (Å²) in [5, 5.41) is 9.21. The van der Waals surface area contributed by atoms with Crippen molar-refractivity contribution in [3.63, 3.8) is 0 Å². The van der Waals surface area contributed by atoms with Gasteiger partial charge in [0.15, 0.2) is 4.88 Å². The second kappa shape index (κ2) is 5.09. The first-order chi connectivity index (χ1) is 8.88. The minimum Gasteiger partial charge on any atom is -0.484 e. The summed E-state index contributed by atoms with van der Waals surface area (Å²) in [4.78, 5) is 12.4. The summed E-state index contributed by atoms with van der Waals surface area (Å²) >= 11 is 1.26. The van der Waals surface area contributed by atoms with Gasteiger partial charge in [-0.1, -0.05) is 20.8 Å². The normalized spacial score (nSPS) is 11.5. The highest BCUT2D eigenvalue weighted by atomic mass is 32.1. The lowest BCUT2D eigenvalue weighted by molar-refractivity contribution is 0.0697. The fourth-order valence-corrected chi connectivity index (χ4v) is 2.54. The number of thiophene rings is 1. The molecule has 2 rings (SSSR count). The maximum atomic E-state index is 11.2. The molecule has 0 spiro atoms. The molecule has 0 atom stereocenters. The van der Waals surface area contributed by atoms with Gasteiger partial charge in [0.1, 0.15) is 18.1 Å². The fraction of sp³-hybridized carbons (Fsp3) is 0.357. The highest BCUT2D eigenvalue weighted by Gasteiger charge is 2.23. The maximum absolute atomic E-state index is 11.2. The van der Waals surface area contributed by atoms with Crippen LogP contribution < -0.4 is 4.74 Å². The molecule has 0 fully saturated rings. The molecule has 1 N–H and O–H groups in total. The third-order valence-electron chi connectivity index (χ3n) is 2.58. The molecule has 2 aromatic rings. The third-order valence-corrected chi connectivity index (χ3v) is 4.11. The van der Waals surface area contributed by atoms with E-state index in [1.165, 1.54) is 11.3 Å². The molecule has 4 nitrogen and oxygen atoms in total. The van der Waals surface area contributed by atoms with Crippen LogP contribution in [0.2, 0.25) is 0 Å². The monoisotopic (exact) mass is 280 g/mol. The van der Waals surface area contributed by atoms with Gasteiger partial charge < -0.3 is 14.3 Å². The largest absolute Gasteiger partial charge is 0.484 e. The first kappa shape index (κ1) is 13.7. The summed E-state index contributed by atoms with van der Waals surface area (Å²) in [5.41, 5.74) is -0.0961. The average Bonchev–Trinajstić information content (AvgIpc) is 2.94. The van der Waals surface area contributed by atoms with Crippen LogP contribution in [-0.4, -0.2) is 11.1 Å². The van der Waals surface area contributed by atoms with E-state index in [-0.39, 0.29) is 16.9 Å². The Balaban J connectivity index is 2.23. The zero-order valence-corrected chi connectivity index (χ0v) is 11.9. The number of aromatic carboxylic acids is 1. The van der Waals surface area contributed by atoms with E-state index in [0.29, 0.717) is 11.5 Å². The molecule has 5 heteroatoms. The molecule has 0 aliphatic heterocycles. The van der Waals surface area contributed by atoms with Crippen LogP contribution in [0.25, 0.3) is 0 Å². The van der Waals surface area contributed by atoms with Gasteiger partial charge in [-0.25, -0.2) is 4.79 Å². The zero-order chi connectivity index (χ0) is 14.0. The highest BCUT2D eigenvalue weighted by Crippen LogP contribution is 2.37. The lowest BCUT2D eigenvalue weighted by Crippen LogP contribution is -2.08. The molecule has 0 aliphatic carbocycles. The predicted octanol–water partition coefficient (Wildman–Crippen LogP) is 3.92. The number of furan rings is 1. The Morgan fingerprint density at radius 2 is 2.21 bits per heavy atom. The summed E-state index contributed by atoms with van der Waals surface area (Å²) in [6.45, 7) is 6.36. The smallest absolute Gasteiger partial charge is 0.349 e. The van der Waals surface area contributed by atoms with Gasteiger partial charge in [0.05, 0.1) is 6.26 Å². The van der Waals surface area contributed by atoms with Gasteiger partial charge in [0.2, 0.25) is 0 Å². The van der Waals surface area contributed by atoms with Crippen LogP contribution in [-0.2, 0) is 12.0 Å². The Morgan fingerprint density at radius 1 is 1.47 bits per heavy atom. The molecule has 0 unspecified atom stereocenters. The first-order valence-electron chi connectivity index (χ1n) is 5.90. The van der Waals surface area contributed by atoms with Gasteiger partial charge in [0, 0.05) is 4.88 Å². The van der Waals surface area contributed by atoms with Gasteiger partial charge in [-0.3, -0.25) is 0 Å². The lowest BCUT2D eigenvalue weighted by atomic mass is 9.95. The number of ether oxygens (including phenoxy) is 1. The van der Waals surface area contributed by atoms with Crippen molar-refractivity contribution in [3.05, 3.63) is 40.0 Å². The third kappa shape index (κ3) is 3.17. The van der Waals surface area contributed by atoms with Crippen molar-refractivity contribution < 1.29 is 19.1 Å². The van der Waals surface area contributed by atoms with E-state index in [4.69, 9.17) is 9.15 Å². The first-order valence-corrected chi connectivity index (χ1v) is 6.72. The topological polar surface area (TPSA) is 59.7 Å². The van der Waals surface area contributed by atoms with E-state index in [1.807, 2.05) is 20.8 Å². The molecule has 102 valence electrons. The van der Waals surface area contributed by atoms with Crippen molar-refractivity contribution in [2.75, 3.05) is 0 Å². The van der Waals surface area contributed by atoms with Crippen molar-refractivity contribution in [1.82, 2.24) is 0 Å². The molecular weight excluding hydrogens is 264 g/mol. The number of rotatable bonds is 4. The van der Waals surface area contributed by atoms with E-state index < -0.39 is 5.97 Å².